The lowest BCUT2D eigenvalue weighted by molar-refractivity contribution is -0.125. The number of pyridine rings is 1. The van der Waals surface area contributed by atoms with Crippen molar-refractivity contribution >= 4 is 34.8 Å². The van der Waals surface area contributed by atoms with Gasteiger partial charge < -0.3 is 10.2 Å². The third-order valence-corrected chi connectivity index (χ3v) is 3.81. The Bertz CT molecular complexity index is 425. The van der Waals surface area contributed by atoms with Crippen molar-refractivity contribution in [3.63, 3.8) is 0 Å². The molecule has 0 bridgehead atoms. The standard InChI is InChI=1S/C12H15Cl2N3O/c1-15-12(18)8-2-4-17(5-3-8)11-9(13)6-16-7-10(11)14/h6-8H,2-5H2,1H3,(H,15,18). The van der Waals surface area contributed by atoms with Gasteiger partial charge in [-0.1, -0.05) is 23.2 Å². The van der Waals surface area contributed by atoms with Gasteiger partial charge in [0.1, 0.15) is 0 Å². The fourth-order valence-corrected chi connectivity index (χ4v) is 2.88. The van der Waals surface area contributed by atoms with Crippen LogP contribution < -0.4 is 10.2 Å². The molecule has 1 N–H and O–H groups in total. The van der Waals surface area contributed by atoms with Crippen LogP contribution in [0.4, 0.5) is 5.69 Å². The first-order valence-corrected chi connectivity index (χ1v) is 6.64. The van der Waals surface area contributed by atoms with E-state index >= 15 is 0 Å². The van der Waals surface area contributed by atoms with Crippen molar-refractivity contribution in [1.82, 2.24) is 10.3 Å². The van der Waals surface area contributed by atoms with Gasteiger partial charge in [-0.2, -0.15) is 0 Å². The van der Waals surface area contributed by atoms with Crippen LogP contribution in [0.25, 0.3) is 0 Å². The molecular formula is C12H15Cl2N3O. The van der Waals surface area contributed by atoms with Gasteiger partial charge in [0.2, 0.25) is 5.91 Å². The number of halogens is 2. The average molecular weight is 288 g/mol. The van der Waals surface area contributed by atoms with E-state index in [0.717, 1.165) is 31.6 Å². The zero-order valence-electron chi connectivity index (χ0n) is 10.1. The molecule has 1 aliphatic heterocycles. The minimum atomic E-state index is 0.0886. The van der Waals surface area contributed by atoms with E-state index in [1.54, 1.807) is 19.4 Å². The lowest BCUT2D eigenvalue weighted by Crippen LogP contribution is -2.39. The number of nitrogens with zero attached hydrogens (tertiary/aromatic N) is 2. The van der Waals surface area contributed by atoms with Gasteiger partial charge in [-0.25, -0.2) is 0 Å². The molecular weight excluding hydrogens is 273 g/mol. The Balaban J connectivity index is 2.08. The minimum absolute atomic E-state index is 0.0886. The number of carbonyl (C=O) groups excluding carboxylic acids is 1. The van der Waals surface area contributed by atoms with Crippen LogP contribution in [-0.4, -0.2) is 31.0 Å². The molecule has 2 rings (SSSR count). The molecule has 0 atom stereocenters. The van der Waals surface area contributed by atoms with Crippen LogP contribution in [0.5, 0.6) is 0 Å². The third-order valence-electron chi connectivity index (χ3n) is 3.26. The van der Waals surface area contributed by atoms with Crippen molar-refractivity contribution in [2.24, 2.45) is 5.92 Å². The summed E-state index contributed by atoms with van der Waals surface area (Å²) in [6, 6.07) is 0. The molecule has 0 aromatic carbocycles. The van der Waals surface area contributed by atoms with Gasteiger partial charge >= 0.3 is 0 Å². The zero-order valence-corrected chi connectivity index (χ0v) is 11.6. The lowest BCUT2D eigenvalue weighted by Gasteiger charge is -2.33. The van der Waals surface area contributed by atoms with Gasteiger partial charge in [-0.15, -0.1) is 0 Å². The van der Waals surface area contributed by atoms with Crippen molar-refractivity contribution < 1.29 is 4.79 Å². The van der Waals surface area contributed by atoms with Crippen LogP contribution in [0.15, 0.2) is 12.4 Å². The van der Waals surface area contributed by atoms with E-state index in [1.165, 1.54) is 0 Å². The second-order valence-corrected chi connectivity index (χ2v) is 5.14. The highest BCUT2D eigenvalue weighted by Gasteiger charge is 2.26. The van der Waals surface area contributed by atoms with Crippen molar-refractivity contribution in [2.75, 3.05) is 25.0 Å². The normalized spacial score (nSPS) is 16.7. The monoisotopic (exact) mass is 287 g/mol. The summed E-state index contributed by atoms with van der Waals surface area (Å²) in [7, 11) is 1.67. The van der Waals surface area contributed by atoms with Crippen LogP contribution >= 0.6 is 23.2 Å². The Morgan fingerprint density at radius 2 is 1.89 bits per heavy atom. The number of piperidine rings is 1. The van der Waals surface area contributed by atoms with E-state index in [0.29, 0.717) is 10.0 Å². The van der Waals surface area contributed by atoms with Gasteiger partial charge in [0.15, 0.2) is 0 Å². The fraction of sp³-hybridized carbons (Fsp3) is 0.500. The number of amides is 1. The summed E-state index contributed by atoms with van der Waals surface area (Å²) < 4.78 is 0. The molecule has 0 radical (unpaired) electrons. The van der Waals surface area contributed by atoms with Crippen LogP contribution in [0, 0.1) is 5.92 Å². The first-order chi connectivity index (χ1) is 8.63. The smallest absolute Gasteiger partial charge is 0.222 e. The number of carbonyl (C=O) groups is 1. The molecule has 1 aromatic heterocycles. The number of nitrogens with one attached hydrogen (secondary N) is 1. The molecule has 6 heteroatoms. The summed E-state index contributed by atoms with van der Waals surface area (Å²) in [5, 5.41) is 3.81. The van der Waals surface area contributed by atoms with Crippen molar-refractivity contribution in [2.45, 2.75) is 12.8 Å². The van der Waals surface area contributed by atoms with Gasteiger partial charge in [-0.3, -0.25) is 9.78 Å². The lowest BCUT2D eigenvalue weighted by atomic mass is 9.95. The molecule has 1 saturated heterocycles. The zero-order chi connectivity index (χ0) is 13.1. The molecule has 18 heavy (non-hydrogen) atoms. The third kappa shape index (κ3) is 2.70. The van der Waals surface area contributed by atoms with Gasteiger partial charge in [0, 0.05) is 38.4 Å². The maximum absolute atomic E-state index is 11.6. The number of anilines is 1. The molecule has 0 aliphatic carbocycles. The maximum atomic E-state index is 11.6. The summed E-state index contributed by atoms with van der Waals surface area (Å²) in [5.41, 5.74) is 0.823. The van der Waals surface area contributed by atoms with E-state index in [-0.39, 0.29) is 11.8 Å². The summed E-state index contributed by atoms with van der Waals surface area (Å²) in [4.78, 5) is 17.6. The van der Waals surface area contributed by atoms with Crippen LogP contribution in [0.2, 0.25) is 10.0 Å². The van der Waals surface area contributed by atoms with Gasteiger partial charge in [-0.05, 0) is 12.8 Å². The van der Waals surface area contributed by atoms with Crippen molar-refractivity contribution in [1.29, 1.82) is 0 Å². The van der Waals surface area contributed by atoms with E-state index in [2.05, 4.69) is 15.2 Å². The molecule has 0 saturated carbocycles. The van der Waals surface area contributed by atoms with Crippen molar-refractivity contribution in [3.8, 4) is 0 Å². The highest BCUT2D eigenvalue weighted by molar-refractivity contribution is 6.38. The average Bonchev–Trinajstić information content (AvgIpc) is 2.38. The predicted molar refractivity (Wildman–Crippen MR) is 73.3 cm³/mol. The molecule has 1 aromatic rings. The van der Waals surface area contributed by atoms with E-state index < -0.39 is 0 Å². The molecule has 1 fully saturated rings. The molecule has 2 heterocycles. The van der Waals surface area contributed by atoms with E-state index in [4.69, 9.17) is 23.2 Å². The Morgan fingerprint density at radius 1 is 1.33 bits per heavy atom. The fourth-order valence-electron chi connectivity index (χ4n) is 2.28. The highest BCUT2D eigenvalue weighted by atomic mass is 35.5. The van der Waals surface area contributed by atoms with Crippen LogP contribution in [0.1, 0.15) is 12.8 Å². The Labute approximate surface area is 116 Å². The summed E-state index contributed by atoms with van der Waals surface area (Å²) in [5.74, 6) is 0.201. The number of hydrogen-bond donors (Lipinski definition) is 1. The molecule has 98 valence electrons. The highest BCUT2D eigenvalue weighted by Crippen LogP contribution is 2.34. The van der Waals surface area contributed by atoms with Crippen LogP contribution in [-0.2, 0) is 4.79 Å². The second kappa shape index (κ2) is 5.76. The predicted octanol–water partition coefficient (Wildman–Crippen LogP) is 2.35. The minimum Gasteiger partial charge on any atom is -0.369 e. The first-order valence-electron chi connectivity index (χ1n) is 5.89. The van der Waals surface area contributed by atoms with Gasteiger partial charge in [0.05, 0.1) is 15.7 Å². The van der Waals surface area contributed by atoms with E-state index in [9.17, 15) is 4.79 Å². The Hall–Kier alpha value is -1.00. The van der Waals surface area contributed by atoms with Crippen LogP contribution in [0.3, 0.4) is 0 Å². The molecule has 1 aliphatic rings. The summed E-state index contributed by atoms with van der Waals surface area (Å²) >= 11 is 12.2. The summed E-state index contributed by atoms with van der Waals surface area (Å²) in [6.07, 6.45) is 4.81. The Morgan fingerprint density at radius 3 is 2.39 bits per heavy atom. The summed E-state index contributed by atoms with van der Waals surface area (Å²) in [6.45, 7) is 1.56. The molecule has 4 nitrogen and oxygen atoms in total. The second-order valence-electron chi connectivity index (χ2n) is 4.33. The molecule has 0 unspecified atom stereocenters. The molecule has 1 amide bonds. The molecule has 0 spiro atoms. The number of aromatic nitrogens is 1. The SMILES string of the molecule is CNC(=O)C1CCN(c2c(Cl)cncc2Cl)CC1. The van der Waals surface area contributed by atoms with Gasteiger partial charge in [0.25, 0.3) is 0 Å². The quantitative estimate of drug-likeness (QED) is 0.908. The maximum Gasteiger partial charge on any atom is 0.222 e. The topological polar surface area (TPSA) is 45.2 Å². The number of hydrogen-bond acceptors (Lipinski definition) is 3. The number of rotatable bonds is 2. The van der Waals surface area contributed by atoms with Crippen molar-refractivity contribution in [3.05, 3.63) is 22.4 Å². The first kappa shape index (κ1) is 13.4. The largest absolute Gasteiger partial charge is 0.369 e. The Kier molecular flexibility index (Phi) is 4.30. The van der Waals surface area contributed by atoms with E-state index in [1.807, 2.05) is 0 Å².